The van der Waals surface area contributed by atoms with Gasteiger partial charge in [-0.05, 0) is 67.9 Å². The SMILES string of the molecule is Cn1cc(C(O)C(O)[C@]2(O)C3CCC2C[C@@H](S(=O)(=O)c2cc(C(=O)Nc4ccc(F)c(F)c4)ccc2Cl)C3)cn1. The minimum atomic E-state index is -4.09. The van der Waals surface area contributed by atoms with Gasteiger partial charge in [0.1, 0.15) is 12.2 Å². The Morgan fingerprint density at radius 3 is 2.40 bits per heavy atom. The van der Waals surface area contributed by atoms with Gasteiger partial charge in [-0.3, -0.25) is 9.48 Å². The highest BCUT2D eigenvalue weighted by atomic mass is 35.5. The van der Waals surface area contributed by atoms with Crippen molar-refractivity contribution < 1.29 is 37.3 Å². The van der Waals surface area contributed by atoms with Crippen molar-refractivity contribution in [3.05, 3.63) is 76.6 Å². The highest BCUT2D eigenvalue weighted by molar-refractivity contribution is 7.92. The molecule has 13 heteroatoms. The number of anilines is 1. The van der Waals surface area contributed by atoms with Crippen LogP contribution in [-0.2, 0) is 16.9 Å². The number of carbonyl (C=O) groups is 1. The third-order valence-corrected chi connectivity index (χ3v) is 10.9. The average molecular weight is 596 g/mol. The summed E-state index contributed by atoms with van der Waals surface area (Å²) in [5.41, 5.74) is -1.43. The fraction of sp³-hybridized carbons (Fsp3) is 0.407. The summed E-state index contributed by atoms with van der Waals surface area (Å²) in [6, 6.07) is 6.55. The molecule has 214 valence electrons. The van der Waals surface area contributed by atoms with Crippen LogP contribution in [0.5, 0.6) is 0 Å². The second-order valence-corrected chi connectivity index (χ2v) is 13.2. The lowest BCUT2D eigenvalue weighted by molar-refractivity contribution is -0.177. The Morgan fingerprint density at radius 2 is 1.80 bits per heavy atom. The Bertz CT molecular complexity index is 1550. The zero-order valence-electron chi connectivity index (χ0n) is 21.3. The summed E-state index contributed by atoms with van der Waals surface area (Å²) in [7, 11) is -2.44. The van der Waals surface area contributed by atoms with Crippen LogP contribution < -0.4 is 5.32 Å². The van der Waals surface area contributed by atoms with E-state index in [0.717, 1.165) is 18.2 Å². The van der Waals surface area contributed by atoms with Gasteiger partial charge in [-0.15, -0.1) is 0 Å². The number of amides is 1. The molecule has 1 amide bonds. The molecule has 1 aromatic heterocycles. The fourth-order valence-corrected chi connectivity index (χ4v) is 8.53. The molecule has 2 aromatic carbocycles. The van der Waals surface area contributed by atoms with E-state index >= 15 is 0 Å². The Labute approximate surface area is 234 Å². The monoisotopic (exact) mass is 595 g/mol. The van der Waals surface area contributed by atoms with Crippen molar-refractivity contribution in [1.29, 1.82) is 0 Å². The first-order valence-electron chi connectivity index (χ1n) is 12.7. The fourth-order valence-electron chi connectivity index (χ4n) is 6.13. The van der Waals surface area contributed by atoms with Crippen molar-refractivity contribution in [3.63, 3.8) is 0 Å². The van der Waals surface area contributed by atoms with Gasteiger partial charge in [-0.2, -0.15) is 5.10 Å². The van der Waals surface area contributed by atoms with Crippen LogP contribution in [0.2, 0.25) is 5.02 Å². The lowest BCUT2D eigenvalue weighted by Crippen LogP contribution is -2.57. The topological polar surface area (TPSA) is 142 Å². The van der Waals surface area contributed by atoms with Gasteiger partial charge in [-0.25, -0.2) is 17.2 Å². The number of aliphatic hydroxyl groups excluding tert-OH is 2. The summed E-state index contributed by atoms with van der Waals surface area (Å²) < 4.78 is 55.8. The lowest BCUT2D eigenvalue weighted by Gasteiger charge is -2.46. The highest BCUT2D eigenvalue weighted by Gasteiger charge is 2.60. The van der Waals surface area contributed by atoms with Crippen molar-refractivity contribution in [3.8, 4) is 0 Å². The molecule has 1 heterocycles. The molecule has 3 aromatic rings. The second-order valence-electron chi connectivity index (χ2n) is 10.6. The predicted molar refractivity (Wildman–Crippen MR) is 141 cm³/mol. The maximum absolute atomic E-state index is 13.8. The summed E-state index contributed by atoms with van der Waals surface area (Å²) >= 11 is 6.28. The van der Waals surface area contributed by atoms with Gasteiger partial charge in [0.05, 0.1) is 27.0 Å². The molecule has 2 aliphatic carbocycles. The van der Waals surface area contributed by atoms with E-state index < -0.39 is 62.3 Å². The van der Waals surface area contributed by atoms with E-state index in [9.17, 15) is 37.3 Å². The summed E-state index contributed by atoms with van der Waals surface area (Å²) in [6.07, 6.45) is 0.948. The first-order valence-corrected chi connectivity index (χ1v) is 14.6. The van der Waals surface area contributed by atoms with Crippen LogP contribution in [0.4, 0.5) is 14.5 Å². The summed E-state index contributed by atoms with van der Waals surface area (Å²) in [6.45, 7) is 0. The zero-order chi connectivity index (χ0) is 29.0. The number of fused-ring (bicyclic) bond motifs is 2. The predicted octanol–water partition coefficient (Wildman–Crippen LogP) is 3.39. The number of sulfone groups is 1. The number of aromatic nitrogens is 2. The third kappa shape index (κ3) is 4.92. The number of hydrogen-bond donors (Lipinski definition) is 4. The number of nitrogens with one attached hydrogen (secondary N) is 1. The number of halogens is 3. The summed E-state index contributed by atoms with van der Waals surface area (Å²) in [5.74, 6) is -4.19. The van der Waals surface area contributed by atoms with E-state index in [-0.39, 0.29) is 34.0 Å². The molecule has 2 fully saturated rings. The Hall–Kier alpha value is -2.90. The molecule has 0 saturated heterocycles. The normalized spacial score (nSPS) is 25.9. The van der Waals surface area contributed by atoms with Crippen LogP contribution in [-0.4, -0.2) is 56.4 Å². The molecule has 5 rings (SSSR count). The molecule has 40 heavy (non-hydrogen) atoms. The number of nitrogens with zero attached hydrogens (tertiary/aromatic N) is 2. The summed E-state index contributed by atoms with van der Waals surface area (Å²) in [4.78, 5) is 12.5. The van der Waals surface area contributed by atoms with Crippen molar-refractivity contribution in [2.24, 2.45) is 18.9 Å². The second kappa shape index (κ2) is 10.5. The van der Waals surface area contributed by atoms with Crippen molar-refractivity contribution in [1.82, 2.24) is 9.78 Å². The Balaban J connectivity index is 1.37. The van der Waals surface area contributed by atoms with Gasteiger partial charge in [0.15, 0.2) is 21.5 Å². The maximum atomic E-state index is 13.8. The van der Waals surface area contributed by atoms with Gasteiger partial charge in [0.25, 0.3) is 5.91 Å². The van der Waals surface area contributed by atoms with Gasteiger partial charge < -0.3 is 20.6 Å². The van der Waals surface area contributed by atoms with E-state index in [1.165, 1.54) is 35.3 Å². The molecule has 0 spiro atoms. The zero-order valence-corrected chi connectivity index (χ0v) is 22.9. The van der Waals surface area contributed by atoms with E-state index in [1.54, 1.807) is 7.05 Å². The largest absolute Gasteiger partial charge is 0.387 e. The molecular formula is C27H28ClF2N3O6S. The number of benzene rings is 2. The van der Waals surface area contributed by atoms with Gasteiger partial charge in [0.2, 0.25) is 0 Å². The molecule has 4 N–H and O–H groups in total. The van der Waals surface area contributed by atoms with Crippen molar-refractivity contribution >= 4 is 33.0 Å². The minimum absolute atomic E-state index is 0.0153. The quantitative estimate of drug-likeness (QED) is 0.328. The van der Waals surface area contributed by atoms with E-state index in [0.29, 0.717) is 18.4 Å². The Kier molecular flexibility index (Phi) is 7.51. The first kappa shape index (κ1) is 28.6. The lowest BCUT2D eigenvalue weighted by atomic mass is 9.69. The standard InChI is InChI=1S/C27H28ClF2N3O6S/c1-33-13-15(12-31-33)24(34)25(35)27(37)16-3-4-17(27)10-19(9-16)40(38,39)23-8-14(2-6-20(23)28)26(36)32-18-5-7-21(29)22(30)11-18/h2,5-8,11-13,16-17,19,24-25,34-35,37H,3-4,9-10H2,1H3,(H,32,36)/t16?,17?,19-,24?,25?,27-. The van der Waals surface area contributed by atoms with Crippen molar-refractivity contribution in [2.45, 2.75) is 53.6 Å². The van der Waals surface area contributed by atoms with Gasteiger partial charge >= 0.3 is 0 Å². The highest BCUT2D eigenvalue weighted by Crippen LogP contribution is 2.55. The number of aliphatic hydroxyl groups is 3. The molecule has 0 radical (unpaired) electrons. The van der Waals surface area contributed by atoms with Crippen LogP contribution in [0.25, 0.3) is 0 Å². The van der Waals surface area contributed by atoms with Gasteiger partial charge in [0, 0.05) is 36.1 Å². The average Bonchev–Trinajstić information content (AvgIpc) is 3.39. The Morgan fingerprint density at radius 1 is 1.12 bits per heavy atom. The smallest absolute Gasteiger partial charge is 0.255 e. The van der Waals surface area contributed by atoms with Gasteiger partial charge in [-0.1, -0.05) is 11.6 Å². The third-order valence-electron chi connectivity index (χ3n) is 8.22. The maximum Gasteiger partial charge on any atom is 0.255 e. The molecule has 2 aliphatic rings. The summed E-state index contributed by atoms with van der Waals surface area (Å²) in [5, 5.41) is 38.8. The number of hydrogen-bond acceptors (Lipinski definition) is 7. The number of rotatable bonds is 7. The molecular weight excluding hydrogens is 568 g/mol. The van der Waals surface area contributed by atoms with E-state index in [4.69, 9.17) is 11.6 Å². The molecule has 0 aliphatic heterocycles. The molecule has 4 atom stereocenters. The number of aryl methyl sites for hydroxylation is 1. The molecule has 2 saturated carbocycles. The molecule has 4 unspecified atom stereocenters. The van der Waals surface area contributed by atoms with E-state index in [2.05, 4.69) is 10.4 Å². The van der Waals surface area contributed by atoms with Crippen LogP contribution in [0.1, 0.15) is 47.7 Å². The first-order chi connectivity index (χ1) is 18.8. The van der Waals surface area contributed by atoms with Crippen LogP contribution in [0, 0.1) is 23.5 Å². The van der Waals surface area contributed by atoms with E-state index in [1.807, 2.05) is 0 Å². The molecule has 2 bridgehead atoms. The van der Waals surface area contributed by atoms with Crippen LogP contribution in [0.15, 0.2) is 53.7 Å². The number of carbonyl (C=O) groups excluding carboxylic acids is 1. The van der Waals surface area contributed by atoms with Crippen molar-refractivity contribution in [2.75, 3.05) is 5.32 Å². The minimum Gasteiger partial charge on any atom is -0.387 e. The van der Waals surface area contributed by atoms with Crippen LogP contribution in [0.3, 0.4) is 0 Å². The molecule has 9 nitrogen and oxygen atoms in total. The van der Waals surface area contributed by atoms with Crippen LogP contribution >= 0.6 is 11.6 Å².